The van der Waals surface area contributed by atoms with Crippen LogP contribution in [0.4, 0.5) is 11.8 Å². The lowest BCUT2D eigenvalue weighted by Gasteiger charge is -2.31. The van der Waals surface area contributed by atoms with Gasteiger partial charge < -0.3 is 20.1 Å². The maximum Gasteiger partial charge on any atom is 0.222 e. The summed E-state index contributed by atoms with van der Waals surface area (Å²) in [4.78, 5) is 10.7. The molecule has 2 N–H and O–H groups in total. The minimum atomic E-state index is -0.133. The van der Waals surface area contributed by atoms with Crippen molar-refractivity contribution in [3.8, 4) is 5.75 Å². The summed E-state index contributed by atoms with van der Waals surface area (Å²) in [6.45, 7) is 6.24. The molecule has 1 atom stereocenters. The molecular formula is C18H22Cl2N4O2. The first-order chi connectivity index (χ1) is 12.5. The number of ether oxygens (including phenoxy) is 2. The molecule has 0 bridgehead atoms. The molecule has 0 amide bonds. The van der Waals surface area contributed by atoms with Crippen LogP contribution >= 0.6 is 23.2 Å². The molecule has 1 aromatic carbocycles. The van der Waals surface area contributed by atoms with Gasteiger partial charge in [0, 0.05) is 36.0 Å². The number of aromatic nitrogens is 2. The highest BCUT2D eigenvalue weighted by molar-refractivity contribution is 6.34. The molecule has 0 saturated carbocycles. The first kappa shape index (κ1) is 19.0. The number of hydrogen-bond acceptors (Lipinski definition) is 6. The maximum absolute atomic E-state index is 6.56. The summed E-state index contributed by atoms with van der Waals surface area (Å²) in [5, 5.41) is 1.10. The van der Waals surface area contributed by atoms with Gasteiger partial charge in [-0.25, -0.2) is 4.98 Å². The molecular weight excluding hydrogens is 375 g/mol. The largest absolute Gasteiger partial charge is 0.492 e. The number of halogens is 2. The van der Waals surface area contributed by atoms with Crippen molar-refractivity contribution in [2.24, 2.45) is 0 Å². The first-order valence-corrected chi connectivity index (χ1v) is 9.32. The van der Waals surface area contributed by atoms with Crippen molar-refractivity contribution in [1.29, 1.82) is 0 Å². The number of aryl methyl sites for hydroxylation is 1. The fourth-order valence-corrected chi connectivity index (χ4v) is 3.60. The van der Waals surface area contributed by atoms with Gasteiger partial charge in [0.2, 0.25) is 5.95 Å². The third kappa shape index (κ3) is 4.14. The normalized spacial score (nSPS) is 17.8. The smallest absolute Gasteiger partial charge is 0.222 e. The molecule has 3 rings (SSSR count). The summed E-state index contributed by atoms with van der Waals surface area (Å²) in [7, 11) is 0. The van der Waals surface area contributed by atoms with Crippen LogP contribution in [0.5, 0.6) is 5.75 Å². The zero-order chi connectivity index (χ0) is 18.7. The second kappa shape index (κ2) is 8.29. The van der Waals surface area contributed by atoms with Crippen LogP contribution in [-0.2, 0) is 4.74 Å². The summed E-state index contributed by atoms with van der Waals surface area (Å²) in [5.41, 5.74) is 7.54. The van der Waals surface area contributed by atoms with Crippen LogP contribution in [-0.4, -0.2) is 36.3 Å². The molecule has 140 valence electrons. The van der Waals surface area contributed by atoms with E-state index in [-0.39, 0.29) is 12.0 Å². The Labute approximate surface area is 163 Å². The Morgan fingerprint density at radius 1 is 1.27 bits per heavy atom. The molecule has 0 aliphatic carbocycles. The van der Waals surface area contributed by atoms with E-state index < -0.39 is 0 Å². The number of anilines is 2. The maximum atomic E-state index is 6.56. The van der Waals surface area contributed by atoms with Crippen LogP contribution in [0.25, 0.3) is 0 Å². The Kier molecular flexibility index (Phi) is 6.06. The van der Waals surface area contributed by atoms with E-state index in [4.69, 9.17) is 38.4 Å². The van der Waals surface area contributed by atoms with Gasteiger partial charge in [-0.3, -0.25) is 0 Å². The lowest BCUT2D eigenvalue weighted by Crippen LogP contribution is -2.32. The van der Waals surface area contributed by atoms with Crippen molar-refractivity contribution in [1.82, 2.24) is 9.97 Å². The topological polar surface area (TPSA) is 73.5 Å². The molecule has 2 aromatic rings. The van der Waals surface area contributed by atoms with Crippen molar-refractivity contribution in [3.63, 3.8) is 0 Å². The summed E-state index contributed by atoms with van der Waals surface area (Å²) >= 11 is 13.0. The predicted octanol–water partition coefficient (Wildman–Crippen LogP) is 4.04. The highest BCUT2D eigenvalue weighted by Gasteiger charge is 2.28. The van der Waals surface area contributed by atoms with Gasteiger partial charge in [0.25, 0.3) is 0 Å². The van der Waals surface area contributed by atoms with Crippen LogP contribution < -0.4 is 15.4 Å². The molecule has 1 aromatic heterocycles. The Morgan fingerprint density at radius 3 is 2.81 bits per heavy atom. The van der Waals surface area contributed by atoms with Crippen LogP contribution in [0.2, 0.25) is 10.0 Å². The lowest BCUT2D eigenvalue weighted by molar-refractivity contribution is 0.134. The Morgan fingerprint density at radius 2 is 2.08 bits per heavy atom. The van der Waals surface area contributed by atoms with Gasteiger partial charge in [-0.15, -0.1) is 0 Å². The number of nitrogens with zero attached hydrogens (tertiary/aromatic N) is 3. The van der Waals surface area contributed by atoms with E-state index in [1.807, 2.05) is 26.0 Å². The van der Waals surface area contributed by atoms with E-state index in [2.05, 4.69) is 14.9 Å². The number of rotatable bonds is 4. The average molecular weight is 397 g/mol. The minimum absolute atomic E-state index is 0.133. The van der Waals surface area contributed by atoms with Crippen LogP contribution in [0.15, 0.2) is 18.2 Å². The van der Waals surface area contributed by atoms with Crippen molar-refractivity contribution in [2.45, 2.75) is 26.3 Å². The van der Waals surface area contributed by atoms with Gasteiger partial charge in [-0.05, 0) is 31.9 Å². The first-order valence-electron chi connectivity index (χ1n) is 8.57. The van der Waals surface area contributed by atoms with Gasteiger partial charge in [-0.2, -0.15) is 4.98 Å². The van der Waals surface area contributed by atoms with E-state index >= 15 is 0 Å². The summed E-state index contributed by atoms with van der Waals surface area (Å²) in [5.74, 6) is 1.58. The third-order valence-corrected chi connectivity index (χ3v) is 4.82. The van der Waals surface area contributed by atoms with E-state index in [0.717, 1.165) is 30.0 Å². The van der Waals surface area contributed by atoms with Crippen LogP contribution in [0.1, 0.15) is 30.6 Å². The Hall–Kier alpha value is -1.76. The van der Waals surface area contributed by atoms with Crippen molar-refractivity contribution >= 4 is 35.0 Å². The van der Waals surface area contributed by atoms with Crippen LogP contribution in [0, 0.1) is 6.92 Å². The standard InChI is InChI=1S/C18H22Cl2N4O2/c1-3-26-16-9-13(19)12(8-14(16)20)15-10-25-6-4-5-24(15)17-7-11(2)22-18(21)23-17/h7-9,15H,3-6,10H2,1-2H3,(H2,21,22,23)/t15-/m0/s1. The van der Waals surface area contributed by atoms with Gasteiger partial charge in [0.05, 0.1) is 24.3 Å². The highest BCUT2D eigenvalue weighted by Crippen LogP contribution is 2.38. The average Bonchev–Trinajstić information content (AvgIpc) is 2.83. The molecule has 1 saturated heterocycles. The number of nitrogens with two attached hydrogens (primary N) is 1. The molecule has 0 spiro atoms. The molecule has 1 aliphatic heterocycles. The summed E-state index contributed by atoms with van der Waals surface area (Å²) in [6.07, 6.45) is 0.877. The predicted molar refractivity (Wildman–Crippen MR) is 104 cm³/mol. The van der Waals surface area contributed by atoms with E-state index in [1.54, 1.807) is 6.07 Å². The summed E-state index contributed by atoms with van der Waals surface area (Å²) in [6, 6.07) is 5.38. The van der Waals surface area contributed by atoms with Crippen molar-refractivity contribution < 1.29 is 9.47 Å². The Bertz CT molecular complexity index is 768. The summed E-state index contributed by atoms with van der Waals surface area (Å²) < 4.78 is 11.3. The van der Waals surface area contributed by atoms with Gasteiger partial charge in [0.15, 0.2) is 0 Å². The molecule has 1 aliphatic rings. The fourth-order valence-electron chi connectivity index (χ4n) is 3.10. The number of benzene rings is 1. The lowest BCUT2D eigenvalue weighted by atomic mass is 10.0. The van der Waals surface area contributed by atoms with E-state index in [0.29, 0.717) is 35.6 Å². The second-order valence-corrected chi connectivity index (χ2v) is 6.91. The van der Waals surface area contributed by atoms with Gasteiger partial charge >= 0.3 is 0 Å². The van der Waals surface area contributed by atoms with Crippen LogP contribution in [0.3, 0.4) is 0 Å². The molecule has 0 unspecified atom stereocenters. The van der Waals surface area contributed by atoms with Crippen molar-refractivity contribution in [3.05, 3.63) is 39.5 Å². The number of hydrogen-bond donors (Lipinski definition) is 1. The molecule has 8 heteroatoms. The monoisotopic (exact) mass is 396 g/mol. The quantitative estimate of drug-likeness (QED) is 0.840. The zero-order valence-corrected chi connectivity index (χ0v) is 16.3. The second-order valence-electron chi connectivity index (χ2n) is 6.10. The molecule has 26 heavy (non-hydrogen) atoms. The molecule has 6 nitrogen and oxygen atoms in total. The van der Waals surface area contributed by atoms with E-state index in [9.17, 15) is 0 Å². The third-order valence-electron chi connectivity index (χ3n) is 4.20. The van der Waals surface area contributed by atoms with Gasteiger partial charge in [-0.1, -0.05) is 23.2 Å². The highest BCUT2D eigenvalue weighted by atomic mass is 35.5. The van der Waals surface area contributed by atoms with E-state index in [1.165, 1.54) is 0 Å². The van der Waals surface area contributed by atoms with Crippen molar-refractivity contribution in [2.75, 3.05) is 37.0 Å². The molecule has 0 radical (unpaired) electrons. The molecule has 2 heterocycles. The number of nitrogen functional groups attached to an aromatic ring is 1. The zero-order valence-electron chi connectivity index (χ0n) is 14.8. The Balaban J connectivity index is 2.03. The minimum Gasteiger partial charge on any atom is -0.492 e. The SMILES string of the molecule is CCOc1cc(Cl)c([C@@H]2COCCCN2c2cc(C)nc(N)n2)cc1Cl. The van der Waals surface area contributed by atoms with Gasteiger partial charge in [0.1, 0.15) is 11.6 Å². The molecule has 1 fully saturated rings. The fraction of sp³-hybridized carbons (Fsp3) is 0.444.